The molecule has 0 amide bonds. The third-order valence-corrected chi connectivity index (χ3v) is 5.12. The van der Waals surface area contributed by atoms with Crippen molar-refractivity contribution >= 4 is 0 Å². The number of rotatable bonds is 10. The standard InChI is InChI=1S/C23H31NO3/c1-17(2)4-7-19(20-8-11-22-23(14-20)27-16-26-22)12-13-24-15-18-5-9-21(25-3)10-6-18/h5-6,8-11,14,17,19,24H,4,7,12-13,15-16H2,1-3H3/t19-/m0/s1. The van der Waals surface area contributed by atoms with E-state index in [9.17, 15) is 0 Å². The molecule has 4 nitrogen and oxygen atoms in total. The molecule has 0 spiro atoms. The van der Waals surface area contributed by atoms with Crippen LogP contribution < -0.4 is 19.5 Å². The van der Waals surface area contributed by atoms with Crippen LogP contribution in [0.3, 0.4) is 0 Å². The van der Waals surface area contributed by atoms with Crippen LogP contribution >= 0.6 is 0 Å². The fourth-order valence-electron chi connectivity index (χ4n) is 3.43. The van der Waals surface area contributed by atoms with E-state index in [0.29, 0.717) is 18.6 Å². The van der Waals surface area contributed by atoms with E-state index in [1.165, 1.54) is 24.0 Å². The van der Waals surface area contributed by atoms with Gasteiger partial charge >= 0.3 is 0 Å². The Morgan fingerprint density at radius 2 is 1.74 bits per heavy atom. The maximum Gasteiger partial charge on any atom is 0.231 e. The van der Waals surface area contributed by atoms with Crippen molar-refractivity contribution in [3.05, 3.63) is 53.6 Å². The Kier molecular flexibility index (Phi) is 6.99. The number of benzene rings is 2. The molecule has 2 aromatic carbocycles. The van der Waals surface area contributed by atoms with Gasteiger partial charge < -0.3 is 19.5 Å². The van der Waals surface area contributed by atoms with Gasteiger partial charge in [0.25, 0.3) is 0 Å². The Hall–Kier alpha value is -2.20. The van der Waals surface area contributed by atoms with Crippen molar-refractivity contribution in [3.63, 3.8) is 0 Å². The van der Waals surface area contributed by atoms with Crippen LogP contribution in [0.5, 0.6) is 17.2 Å². The van der Waals surface area contributed by atoms with E-state index >= 15 is 0 Å². The SMILES string of the molecule is COc1ccc(CNCC[C@H](CCC(C)C)c2ccc3c(c2)OCO3)cc1. The largest absolute Gasteiger partial charge is 0.497 e. The van der Waals surface area contributed by atoms with Gasteiger partial charge in [-0.3, -0.25) is 0 Å². The smallest absolute Gasteiger partial charge is 0.231 e. The number of fused-ring (bicyclic) bond motifs is 1. The molecule has 1 aliphatic rings. The van der Waals surface area contributed by atoms with E-state index in [0.717, 1.165) is 36.8 Å². The van der Waals surface area contributed by atoms with E-state index in [2.05, 4.69) is 43.4 Å². The van der Waals surface area contributed by atoms with E-state index in [4.69, 9.17) is 14.2 Å². The van der Waals surface area contributed by atoms with Crippen LogP contribution in [0.25, 0.3) is 0 Å². The summed E-state index contributed by atoms with van der Waals surface area (Å²) in [4.78, 5) is 0. The highest BCUT2D eigenvalue weighted by Crippen LogP contribution is 2.37. The number of hydrogen-bond donors (Lipinski definition) is 1. The topological polar surface area (TPSA) is 39.7 Å². The van der Waals surface area contributed by atoms with Gasteiger partial charge in [0.1, 0.15) is 5.75 Å². The minimum absolute atomic E-state index is 0.332. The fourth-order valence-corrected chi connectivity index (χ4v) is 3.43. The van der Waals surface area contributed by atoms with E-state index in [1.807, 2.05) is 18.2 Å². The van der Waals surface area contributed by atoms with Gasteiger partial charge in [0.2, 0.25) is 6.79 Å². The summed E-state index contributed by atoms with van der Waals surface area (Å²) in [5.74, 6) is 3.89. The Labute approximate surface area is 162 Å². The molecule has 2 aromatic rings. The quantitative estimate of drug-likeness (QED) is 0.590. The summed E-state index contributed by atoms with van der Waals surface area (Å²) in [6.45, 7) is 6.78. The summed E-state index contributed by atoms with van der Waals surface area (Å²) in [7, 11) is 1.70. The van der Waals surface area contributed by atoms with Gasteiger partial charge in [-0.25, -0.2) is 0 Å². The summed E-state index contributed by atoms with van der Waals surface area (Å²) < 4.78 is 16.2. The lowest BCUT2D eigenvalue weighted by Gasteiger charge is -2.19. The van der Waals surface area contributed by atoms with Crippen molar-refractivity contribution in [3.8, 4) is 17.2 Å². The summed E-state index contributed by atoms with van der Waals surface area (Å²) in [5, 5.41) is 3.58. The van der Waals surface area contributed by atoms with E-state index < -0.39 is 0 Å². The van der Waals surface area contributed by atoms with E-state index in [-0.39, 0.29) is 0 Å². The molecule has 0 unspecified atom stereocenters. The molecular weight excluding hydrogens is 338 g/mol. The Bertz CT molecular complexity index is 712. The lowest BCUT2D eigenvalue weighted by atomic mass is 9.88. The molecule has 0 aromatic heterocycles. The Morgan fingerprint density at radius 1 is 0.963 bits per heavy atom. The van der Waals surface area contributed by atoms with Crippen LogP contribution in [0.15, 0.2) is 42.5 Å². The minimum atomic E-state index is 0.332. The van der Waals surface area contributed by atoms with Crippen molar-refractivity contribution in [2.45, 2.75) is 45.6 Å². The second kappa shape index (κ2) is 9.65. The molecular formula is C23H31NO3. The monoisotopic (exact) mass is 369 g/mol. The predicted octanol–water partition coefficient (Wildman–Crippen LogP) is 5.12. The van der Waals surface area contributed by atoms with Gasteiger partial charge in [-0.05, 0) is 66.6 Å². The summed E-state index contributed by atoms with van der Waals surface area (Å²) in [6.07, 6.45) is 3.54. The average Bonchev–Trinajstić information content (AvgIpc) is 3.15. The van der Waals surface area contributed by atoms with Gasteiger partial charge in [0.05, 0.1) is 7.11 Å². The van der Waals surface area contributed by atoms with E-state index in [1.54, 1.807) is 7.11 Å². The van der Waals surface area contributed by atoms with Gasteiger partial charge in [-0.2, -0.15) is 0 Å². The molecule has 4 heteroatoms. The van der Waals surface area contributed by atoms with Crippen LogP contribution in [0.1, 0.15) is 50.2 Å². The number of ether oxygens (including phenoxy) is 3. The zero-order valence-electron chi connectivity index (χ0n) is 16.7. The van der Waals surface area contributed by atoms with Crippen LogP contribution in [0.4, 0.5) is 0 Å². The van der Waals surface area contributed by atoms with Crippen LogP contribution in [-0.4, -0.2) is 20.4 Å². The first-order valence-corrected chi connectivity index (χ1v) is 9.89. The molecule has 27 heavy (non-hydrogen) atoms. The minimum Gasteiger partial charge on any atom is -0.497 e. The highest BCUT2D eigenvalue weighted by Gasteiger charge is 2.18. The zero-order chi connectivity index (χ0) is 19.1. The second-order valence-electron chi connectivity index (χ2n) is 7.59. The highest BCUT2D eigenvalue weighted by molar-refractivity contribution is 5.45. The van der Waals surface area contributed by atoms with Gasteiger partial charge in [0.15, 0.2) is 11.5 Å². The number of hydrogen-bond acceptors (Lipinski definition) is 4. The Morgan fingerprint density at radius 3 is 2.48 bits per heavy atom. The molecule has 0 radical (unpaired) electrons. The Balaban J connectivity index is 1.54. The maximum absolute atomic E-state index is 5.57. The zero-order valence-corrected chi connectivity index (χ0v) is 16.7. The van der Waals surface area contributed by atoms with Gasteiger partial charge in [-0.1, -0.05) is 38.5 Å². The van der Waals surface area contributed by atoms with Gasteiger partial charge in [0, 0.05) is 6.54 Å². The molecule has 1 heterocycles. The molecule has 0 saturated carbocycles. The first-order valence-electron chi connectivity index (χ1n) is 9.89. The van der Waals surface area contributed by atoms with Crippen molar-refractivity contribution in [2.24, 2.45) is 5.92 Å². The van der Waals surface area contributed by atoms with Crippen LogP contribution in [0.2, 0.25) is 0 Å². The summed E-state index contributed by atoms with van der Waals surface area (Å²) >= 11 is 0. The molecule has 146 valence electrons. The third-order valence-electron chi connectivity index (χ3n) is 5.12. The molecule has 1 atom stereocenters. The van der Waals surface area contributed by atoms with Crippen molar-refractivity contribution in [1.82, 2.24) is 5.32 Å². The second-order valence-corrected chi connectivity index (χ2v) is 7.59. The molecule has 3 rings (SSSR count). The number of nitrogens with one attached hydrogen (secondary N) is 1. The third kappa shape index (κ3) is 5.64. The summed E-state index contributed by atoms with van der Waals surface area (Å²) in [5.41, 5.74) is 2.63. The fraction of sp³-hybridized carbons (Fsp3) is 0.478. The molecule has 0 bridgehead atoms. The van der Waals surface area contributed by atoms with Crippen molar-refractivity contribution in [2.75, 3.05) is 20.4 Å². The van der Waals surface area contributed by atoms with Crippen molar-refractivity contribution in [1.29, 1.82) is 0 Å². The van der Waals surface area contributed by atoms with Gasteiger partial charge in [-0.15, -0.1) is 0 Å². The maximum atomic E-state index is 5.57. The van der Waals surface area contributed by atoms with Crippen LogP contribution in [0, 0.1) is 5.92 Å². The highest BCUT2D eigenvalue weighted by atomic mass is 16.7. The van der Waals surface area contributed by atoms with Crippen LogP contribution in [-0.2, 0) is 6.54 Å². The lowest BCUT2D eigenvalue weighted by Crippen LogP contribution is -2.17. The normalized spacial score (nSPS) is 13.8. The number of methoxy groups -OCH3 is 1. The molecule has 0 saturated heterocycles. The average molecular weight is 370 g/mol. The molecule has 1 aliphatic heterocycles. The molecule has 0 fully saturated rings. The lowest BCUT2D eigenvalue weighted by molar-refractivity contribution is 0.174. The first kappa shape index (κ1) is 19.6. The molecule has 0 aliphatic carbocycles. The van der Waals surface area contributed by atoms with Crippen molar-refractivity contribution < 1.29 is 14.2 Å². The first-order chi connectivity index (χ1) is 13.2. The summed E-state index contributed by atoms with van der Waals surface area (Å²) in [6, 6.07) is 14.6. The predicted molar refractivity (Wildman–Crippen MR) is 109 cm³/mol. The molecule has 1 N–H and O–H groups in total.